The van der Waals surface area contributed by atoms with Gasteiger partial charge in [0.25, 0.3) is 0 Å². The van der Waals surface area contributed by atoms with E-state index in [4.69, 9.17) is 28.6 Å². The lowest BCUT2D eigenvalue weighted by atomic mass is 9.97. The highest BCUT2D eigenvalue weighted by Crippen LogP contribution is 2.44. The summed E-state index contributed by atoms with van der Waals surface area (Å²) in [7, 11) is 0. The van der Waals surface area contributed by atoms with Gasteiger partial charge in [-0.25, -0.2) is 9.97 Å². The van der Waals surface area contributed by atoms with Crippen LogP contribution in [0.3, 0.4) is 0 Å². The van der Waals surface area contributed by atoms with Gasteiger partial charge in [0.05, 0.1) is 35.7 Å². The van der Waals surface area contributed by atoms with Crippen molar-refractivity contribution in [1.82, 2.24) is 15.0 Å². The van der Waals surface area contributed by atoms with Gasteiger partial charge in [-0.15, -0.1) is 0 Å². The third-order valence-corrected chi connectivity index (χ3v) is 7.19. The topological polar surface area (TPSA) is 124 Å². The van der Waals surface area contributed by atoms with Crippen molar-refractivity contribution in [3.63, 3.8) is 0 Å². The summed E-state index contributed by atoms with van der Waals surface area (Å²) in [6.07, 6.45) is 0.280. The first-order valence-electron chi connectivity index (χ1n) is 13.8. The van der Waals surface area contributed by atoms with Crippen molar-refractivity contribution in [3.05, 3.63) is 23.5 Å². The van der Waals surface area contributed by atoms with E-state index in [1.165, 1.54) is 0 Å². The molecule has 0 spiro atoms. The number of aliphatic hydroxyl groups excluding tert-OH is 1. The smallest absolute Gasteiger partial charge is 0.224 e. The number of nitrogens with one attached hydrogen (secondary N) is 2. The summed E-state index contributed by atoms with van der Waals surface area (Å²) in [5, 5.41) is 18.0. The highest BCUT2D eigenvalue weighted by Gasteiger charge is 2.54. The number of aromatic nitrogens is 3. The maximum Gasteiger partial charge on any atom is 0.224 e. The minimum Gasteiger partial charge on any atom is -0.478 e. The van der Waals surface area contributed by atoms with E-state index >= 15 is 0 Å². The molecule has 39 heavy (non-hydrogen) atoms. The van der Waals surface area contributed by atoms with Crippen LogP contribution in [0, 0.1) is 25.2 Å². The Morgan fingerprint density at radius 1 is 1.08 bits per heavy atom. The molecule has 0 radical (unpaired) electrons. The quantitative estimate of drug-likeness (QED) is 0.357. The molecule has 1 saturated carbocycles. The van der Waals surface area contributed by atoms with Gasteiger partial charge in [-0.05, 0) is 52.5 Å². The molecule has 212 valence electrons. The second-order valence-electron chi connectivity index (χ2n) is 12.3. The van der Waals surface area contributed by atoms with Gasteiger partial charge in [0.15, 0.2) is 11.4 Å². The number of anilines is 2. The van der Waals surface area contributed by atoms with Crippen molar-refractivity contribution in [3.8, 4) is 17.2 Å². The third-order valence-electron chi connectivity index (χ3n) is 7.19. The SMILES string of the molecule is CCOc1cc2cc(-c3c(C)nc(NCC(C)(C)C)nc3N[C@@H]3C[C@H](CO)[C@H]4OC(C)(C)O[C@H]43)oc2c(C)n1. The van der Waals surface area contributed by atoms with E-state index in [-0.39, 0.29) is 36.2 Å². The molecule has 0 unspecified atom stereocenters. The Hall–Kier alpha value is -2.95. The van der Waals surface area contributed by atoms with Crippen LogP contribution in [0.2, 0.25) is 0 Å². The minimum absolute atomic E-state index is 0.0314. The molecule has 10 nitrogen and oxygen atoms in total. The van der Waals surface area contributed by atoms with Crippen molar-refractivity contribution >= 4 is 22.7 Å². The van der Waals surface area contributed by atoms with E-state index in [2.05, 4.69) is 36.4 Å². The Balaban J connectivity index is 1.56. The van der Waals surface area contributed by atoms with Crippen LogP contribution in [0.25, 0.3) is 22.3 Å². The lowest BCUT2D eigenvalue weighted by molar-refractivity contribution is -0.158. The van der Waals surface area contributed by atoms with Crippen LogP contribution in [0.5, 0.6) is 5.88 Å². The number of pyridine rings is 1. The number of hydrogen-bond acceptors (Lipinski definition) is 10. The molecule has 3 aromatic heterocycles. The molecule has 2 fully saturated rings. The number of hydrogen-bond donors (Lipinski definition) is 3. The van der Waals surface area contributed by atoms with E-state index in [1.54, 1.807) is 0 Å². The van der Waals surface area contributed by atoms with Crippen molar-refractivity contribution in [2.75, 3.05) is 30.4 Å². The van der Waals surface area contributed by atoms with Crippen LogP contribution < -0.4 is 15.4 Å². The van der Waals surface area contributed by atoms with Crippen LogP contribution in [0.1, 0.15) is 59.4 Å². The number of nitrogens with zero attached hydrogens (tertiary/aromatic N) is 3. The lowest BCUT2D eigenvalue weighted by Gasteiger charge is -2.25. The molecule has 1 aliphatic heterocycles. The Bertz CT molecular complexity index is 1350. The van der Waals surface area contributed by atoms with Crippen LogP contribution >= 0.6 is 0 Å². The molecule has 1 aliphatic carbocycles. The zero-order chi connectivity index (χ0) is 28.1. The monoisotopic (exact) mass is 539 g/mol. The molecule has 4 heterocycles. The zero-order valence-electron chi connectivity index (χ0n) is 24.2. The van der Waals surface area contributed by atoms with Gasteiger partial charge in [-0.2, -0.15) is 4.98 Å². The van der Waals surface area contributed by atoms with Crippen molar-refractivity contribution in [1.29, 1.82) is 0 Å². The molecule has 1 saturated heterocycles. The summed E-state index contributed by atoms with van der Waals surface area (Å²) < 4.78 is 24.5. The molecule has 0 aromatic carbocycles. The molecule has 3 N–H and O–H groups in total. The van der Waals surface area contributed by atoms with Gasteiger partial charge in [0.2, 0.25) is 11.8 Å². The van der Waals surface area contributed by atoms with Crippen LogP contribution in [-0.4, -0.2) is 63.9 Å². The second-order valence-corrected chi connectivity index (χ2v) is 12.3. The number of furan rings is 1. The number of rotatable bonds is 8. The van der Waals surface area contributed by atoms with Gasteiger partial charge in [-0.1, -0.05) is 20.8 Å². The normalized spacial score (nSPS) is 24.2. The molecule has 5 rings (SSSR count). The summed E-state index contributed by atoms with van der Waals surface area (Å²) in [6, 6.07) is 3.76. The molecule has 3 aromatic rings. The number of ether oxygens (including phenoxy) is 3. The summed E-state index contributed by atoms with van der Waals surface area (Å²) >= 11 is 0. The van der Waals surface area contributed by atoms with E-state index in [0.29, 0.717) is 48.6 Å². The maximum absolute atomic E-state index is 10.1. The summed E-state index contributed by atoms with van der Waals surface area (Å²) in [5.41, 5.74) is 3.05. The van der Waals surface area contributed by atoms with Crippen LogP contribution in [-0.2, 0) is 9.47 Å². The van der Waals surface area contributed by atoms with Crippen molar-refractivity contribution in [2.24, 2.45) is 11.3 Å². The molecule has 10 heteroatoms. The summed E-state index contributed by atoms with van der Waals surface area (Å²) in [5.74, 6) is 1.65. The van der Waals surface area contributed by atoms with E-state index in [1.807, 2.05) is 46.8 Å². The van der Waals surface area contributed by atoms with Gasteiger partial charge < -0.3 is 34.4 Å². The fourth-order valence-electron chi connectivity index (χ4n) is 5.50. The fourth-order valence-corrected chi connectivity index (χ4v) is 5.50. The first-order valence-corrected chi connectivity index (χ1v) is 13.8. The first kappa shape index (κ1) is 27.6. The summed E-state index contributed by atoms with van der Waals surface area (Å²) in [4.78, 5) is 14.2. The Morgan fingerprint density at radius 2 is 1.82 bits per heavy atom. The number of aryl methyl sites for hydroxylation is 2. The Kier molecular flexibility index (Phi) is 7.24. The molecule has 0 amide bonds. The molecule has 4 atom stereocenters. The number of fused-ring (bicyclic) bond motifs is 2. The number of aliphatic hydroxyl groups is 1. The van der Waals surface area contributed by atoms with E-state index in [9.17, 15) is 5.11 Å². The van der Waals surface area contributed by atoms with E-state index in [0.717, 1.165) is 22.3 Å². The average Bonchev–Trinajstić information content (AvgIpc) is 3.49. The first-order chi connectivity index (χ1) is 18.4. The Labute approximate surface area is 229 Å². The fraction of sp³-hybridized carbons (Fsp3) is 0.621. The van der Waals surface area contributed by atoms with Crippen LogP contribution in [0.4, 0.5) is 11.8 Å². The zero-order valence-corrected chi connectivity index (χ0v) is 24.2. The van der Waals surface area contributed by atoms with Crippen molar-refractivity contribution in [2.45, 2.75) is 85.8 Å². The predicted octanol–water partition coefficient (Wildman–Crippen LogP) is 5.07. The second kappa shape index (κ2) is 10.2. The predicted molar refractivity (Wildman–Crippen MR) is 150 cm³/mol. The molecule has 0 bridgehead atoms. The molecular formula is C29H41N5O5. The largest absolute Gasteiger partial charge is 0.478 e. The average molecular weight is 540 g/mol. The van der Waals surface area contributed by atoms with Crippen LogP contribution in [0.15, 0.2) is 16.5 Å². The van der Waals surface area contributed by atoms with Gasteiger partial charge in [0, 0.05) is 30.5 Å². The van der Waals surface area contributed by atoms with Gasteiger partial charge >= 0.3 is 0 Å². The standard InChI is InChI=1S/C29H41N5O5/c1-9-36-21-12-17-11-20(37-23(17)16(3)31-21)22-15(2)32-27(30-14-28(4,5)6)34-26(22)33-19-10-18(13-35)24-25(19)39-29(7,8)38-24/h11-12,18-19,24-25,35H,9-10,13-14H2,1-8H3,(H2,30,32,33,34)/t18-,19-,24-,25+/m1/s1. The highest BCUT2D eigenvalue weighted by molar-refractivity contribution is 5.88. The molecular weight excluding hydrogens is 498 g/mol. The molecule has 2 aliphatic rings. The van der Waals surface area contributed by atoms with Gasteiger partial charge in [0.1, 0.15) is 17.7 Å². The van der Waals surface area contributed by atoms with E-state index < -0.39 is 5.79 Å². The minimum atomic E-state index is -0.714. The maximum atomic E-state index is 10.1. The lowest BCUT2D eigenvalue weighted by Crippen LogP contribution is -2.35. The third kappa shape index (κ3) is 5.69. The van der Waals surface area contributed by atoms with Crippen molar-refractivity contribution < 1.29 is 23.7 Å². The van der Waals surface area contributed by atoms with Gasteiger partial charge in [-0.3, -0.25) is 0 Å². The Morgan fingerprint density at radius 3 is 2.51 bits per heavy atom. The highest BCUT2D eigenvalue weighted by atomic mass is 16.8. The summed E-state index contributed by atoms with van der Waals surface area (Å²) in [6.45, 7) is 17.4.